The summed E-state index contributed by atoms with van der Waals surface area (Å²) in [5.74, 6) is -1.28. The molecule has 2 rings (SSSR count). The van der Waals surface area contributed by atoms with Crippen LogP contribution in [-0.4, -0.2) is 29.6 Å². The quantitative estimate of drug-likeness (QED) is 0.856. The van der Waals surface area contributed by atoms with Crippen LogP contribution in [-0.2, 0) is 0 Å². The highest BCUT2D eigenvalue weighted by Gasteiger charge is 2.15. The van der Waals surface area contributed by atoms with Crippen molar-refractivity contribution in [1.82, 2.24) is 5.32 Å². The van der Waals surface area contributed by atoms with Gasteiger partial charge in [0, 0.05) is 0 Å². The van der Waals surface area contributed by atoms with E-state index in [0.717, 1.165) is 11.3 Å². The second-order valence-corrected chi connectivity index (χ2v) is 4.92. The minimum Gasteiger partial charge on any atom is -0.489 e. The normalized spacial score (nSPS) is 11.7. The zero-order chi connectivity index (χ0) is 16.1. The third-order valence-corrected chi connectivity index (χ3v) is 2.95. The van der Waals surface area contributed by atoms with E-state index in [1.165, 1.54) is 12.1 Å². The Bertz CT molecular complexity index is 659. The van der Waals surface area contributed by atoms with Gasteiger partial charge in [0.2, 0.25) is 5.76 Å². The number of hydrogen-bond donors (Lipinski definition) is 2. The van der Waals surface area contributed by atoms with Gasteiger partial charge in [0.15, 0.2) is 5.76 Å². The first-order chi connectivity index (χ1) is 10.5. The first-order valence-electron chi connectivity index (χ1n) is 6.80. The highest BCUT2D eigenvalue weighted by Crippen LogP contribution is 2.13. The fourth-order valence-electron chi connectivity index (χ4n) is 1.79. The maximum atomic E-state index is 11.8. The summed E-state index contributed by atoms with van der Waals surface area (Å²) in [6.07, 6.45) is -0.236. The van der Waals surface area contributed by atoms with Crippen LogP contribution >= 0.6 is 0 Å². The number of amides is 1. The van der Waals surface area contributed by atoms with Gasteiger partial charge in [0.25, 0.3) is 5.91 Å². The lowest BCUT2D eigenvalue weighted by Gasteiger charge is -2.15. The van der Waals surface area contributed by atoms with Gasteiger partial charge in [-0.05, 0) is 38.1 Å². The number of carboxylic acid groups (broad SMARTS) is 1. The number of benzene rings is 1. The Hall–Kier alpha value is -2.76. The summed E-state index contributed by atoms with van der Waals surface area (Å²) in [4.78, 5) is 22.5. The van der Waals surface area contributed by atoms with Crippen LogP contribution in [0.1, 0.15) is 33.6 Å². The Morgan fingerprint density at radius 2 is 1.82 bits per heavy atom. The average molecular weight is 303 g/mol. The third-order valence-electron chi connectivity index (χ3n) is 2.95. The van der Waals surface area contributed by atoms with Crippen molar-refractivity contribution in [3.63, 3.8) is 0 Å². The van der Waals surface area contributed by atoms with Crippen LogP contribution in [0.15, 0.2) is 40.8 Å². The van der Waals surface area contributed by atoms with Crippen LogP contribution in [0.25, 0.3) is 0 Å². The molecule has 0 bridgehead atoms. The van der Waals surface area contributed by atoms with Gasteiger partial charge in [-0.3, -0.25) is 4.79 Å². The van der Waals surface area contributed by atoms with E-state index in [0.29, 0.717) is 0 Å². The summed E-state index contributed by atoms with van der Waals surface area (Å²) >= 11 is 0. The average Bonchev–Trinajstić information content (AvgIpc) is 2.97. The molecule has 1 atom stereocenters. The largest absolute Gasteiger partial charge is 0.489 e. The Morgan fingerprint density at radius 1 is 1.18 bits per heavy atom. The fraction of sp³-hybridized carbons (Fsp3) is 0.250. The Morgan fingerprint density at radius 3 is 2.41 bits per heavy atom. The summed E-state index contributed by atoms with van der Waals surface area (Å²) in [7, 11) is 0. The molecule has 1 unspecified atom stereocenters. The molecular formula is C16H17NO5. The van der Waals surface area contributed by atoms with Crippen LogP contribution in [0.2, 0.25) is 0 Å². The van der Waals surface area contributed by atoms with E-state index in [4.69, 9.17) is 14.3 Å². The predicted octanol–water partition coefficient (Wildman–Crippen LogP) is 2.48. The van der Waals surface area contributed by atoms with Gasteiger partial charge in [-0.25, -0.2) is 4.79 Å². The second kappa shape index (κ2) is 6.80. The number of hydrogen-bond acceptors (Lipinski definition) is 4. The van der Waals surface area contributed by atoms with Crippen molar-refractivity contribution in [2.75, 3.05) is 6.54 Å². The molecule has 1 heterocycles. The van der Waals surface area contributed by atoms with Gasteiger partial charge in [-0.2, -0.15) is 0 Å². The third kappa shape index (κ3) is 4.12. The van der Waals surface area contributed by atoms with Gasteiger partial charge in [-0.15, -0.1) is 0 Å². The maximum absolute atomic E-state index is 11.8. The highest BCUT2D eigenvalue weighted by atomic mass is 16.5. The molecule has 1 aromatic carbocycles. The molecule has 0 spiro atoms. The van der Waals surface area contributed by atoms with Crippen molar-refractivity contribution in [3.05, 3.63) is 53.5 Å². The molecule has 0 saturated carbocycles. The van der Waals surface area contributed by atoms with Crippen LogP contribution in [0.4, 0.5) is 0 Å². The smallest absolute Gasteiger partial charge is 0.371 e. The van der Waals surface area contributed by atoms with E-state index in [1.54, 1.807) is 0 Å². The van der Waals surface area contributed by atoms with Crippen molar-refractivity contribution in [3.8, 4) is 5.75 Å². The molecule has 0 fully saturated rings. The number of carbonyl (C=O) groups is 2. The van der Waals surface area contributed by atoms with E-state index in [-0.39, 0.29) is 24.2 Å². The zero-order valence-electron chi connectivity index (χ0n) is 12.3. The number of rotatable bonds is 6. The van der Waals surface area contributed by atoms with Crippen LogP contribution in [0.5, 0.6) is 5.75 Å². The van der Waals surface area contributed by atoms with Gasteiger partial charge in [0.1, 0.15) is 11.9 Å². The molecule has 0 aliphatic rings. The van der Waals surface area contributed by atoms with Gasteiger partial charge >= 0.3 is 5.97 Å². The summed E-state index contributed by atoms with van der Waals surface area (Å²) in [5, 5.41) is 11.4. The number of nitrogens with one attached hydrogen (secondary N) is 1. The molecule has 0 aliphatic carbocycles. The Labute approximate surface area is 127 Å². The summed E-state index contributed by atoms with van der Waals surface area (Å²) in [5.41, 5.74) is 1.14. The van der Waals surface area contributed by atoms with Crippen LogP contribution < -0.4 is 10.1 Å². The monoisotopic (exact) mass is 303 g/mol. The topological polar surface area (TPSA) is 88.8 Å². The fourth-order valence-corrected chi connectivity index (χ4v) is 1.79. The molecule has 6 heteroatoms. The van der Waals surface area contributed by atoms with E-state index < -0.39 is 11.9 Å². The van der Waals surface area contributed by atoms with Gasteiger partial charge in [-0.1, -0.05) is 17.7 Å². The predicted molar refractivity (Wildman–Crippen MR) is 79.3 cm³/mol. The van der Waals surface area contributed by atoms with E-state index in [9.17, 15) is 9.59 Å². The van der Waals surface area contributed by atoms with Gasteiger partial charge in [0.05, 0.1) is 6.54 Å². The van der Waals surface area contributed by atoms with Crippen molar-refractivity contribution >= 4 is 11.9 Å². The Balaban J connectivity index is 1.84. The molecule has 2 N–H and O–H groups in total. The SMILES string of the molecule is Cc1ccc(OC(C)CNC(=O)c2ccc(C(=O)O)o2)cc1. The number of carbonyl (C=O) groups excluding carboxylic acids is 1. The lowest BCUT2D eigenvalue weighted by atomic mass is 10.2. The molecule has 0 radical (unpaired) electrons. The minimum absolute atomic E-state index is 0.0417. The molecule has 2 aromatic rings. The highest BCUT2D eigenvalue weighted by molar-refractivity contribution is 5.93. The first-order valence-corrected chi connectivity index (χ1v) is 6.80. The van der Waals surface area contributed by atoms with Crippen molar-refractivity contribution in [2.45, 2.75) is 20.0 Å². The molecule has 1 aromatic heterocycles. The molecule has 1 amide bonds. The molecule has 116 valence electrons. The molecule has 0 aliphatic heterocycles. The lowest BCUT2D eigenvalue weighted by molar-refractivity contribution is 0.0659. The number of aryl methyl sites for hydroxylation is 1. The Kier molecular flexibility index (Phi) is 4.83. The number of aromatic carboxylic acids is 1. The summed E-state index contributed by atoms with van der Waals surface area (Å²) < 4.78 is 10.6. The minimum atomic E-state index is -1.21. The van der Waals surface area contributed by atoms with Crippen LogP contribution in [0, 0.1) is 6.92 Å². The molecule has 0 saturated heterocycles. The van der Waals surface area contributed by atoms with E-state index >= 15 is 0 Å². The van der Waals surface area contributed by atoms with Crippen molar-refractivity contribution < 1.29 is 23.8 Å². The number of furan rings is 1. The second-order valence-electron chi connectivity index (χ2n) is 4.92. The maximum Gasteiger partial charge on any atom is 0.371 e. The number of ether oxygens (including phenoxy) is 1. The summed E-state index contributed by atoms with van der Waals surface area (Å²) in [6.45, 7) is 4.09. The number of carboxylic acids is 1. The summed E-state index contributed by atoms with van der Waals surface area (Å²) in [6, 6.07) is 10.2. The molecular weight excluding hydrogens is 286 g/mol. The molecule has 22 heavy (non-hydrogen) atoms. The zero-order valence-corrected chi connectivity index (χ0v) is 12.3. The van der Waals surface area contributed by atoms with E-state index in [1.807, 2.05) is 38.1 Å². The first kappa shape index (κ1) is 15.6. The van der Waals surface area contributed by atoms with Crippen molar-refractivity contribution in [2.24, 2.45) is 0 Å². The lowest BCUT2D eigenvalue weighted by Crippen LogP contribution is -2.33. The van der Waals surface area contributed by atoms with Crippen LogP contribution in [0.3, 0.4) is 0 Å². The van der Waals surface area contributed by atoms with Crippen molar-refractivity contribution in [1.29, 1.82) is 0 Å². The molecule has 6 nitrogen and oxygen atoms in total. The standard InChI is InChI=1S/C16H17NO5/c1-10-3-5-12(6-4-10)21-11(2)9-17-15(18)13-7-8-14(22-13)16(19)20/h3-8,11H,9H2,1-2H3,(H,17,18)(H,19,20). The van der Waals surface area contributed by atoms with E-state index in [2.05, 4.69) is 5.32 Å². The van der Waals surface area contributed by atoms with Gasteiger partial charge < -0.3 is 19.6 Å².